The number of nitrogens with zero attached hydrogens (tertiary/aromatic N) is 3. The monoisotopic (exact) mass is 228 g/mol. The first kappa shape index (κ1) is 10.0. The number of fused-ring (bicyclic) bond motifs is 1. The molecule has 0 saturated heterocycles. The van der Waals surface area contributed by atoms with Crippen molar-refractivity contribution >= 4 is 5.91 Å². The number of hydrogen-bond acceptors (Lipinski definition) is 3. The van der Waals surface area contributed by atoms with Crippen LogP contribution in [0.3, 0.4) is 0 Å². The number of H-pyrrole nitrogens is 1. The third-order valence-electron chi connectivity index (χ3n) is 3.15. The Balaban J connectivity index is 2.18. The summed E-state index contributed by atoms with van der Waals surface area (Å²) in [5, 5.41) is 6.92. The topological polar surface area (TPSA) is 61.9 Å². The Labute approximate surface area is 98.5 Å². The highest BCUT2D eigenvalue weighted by molar-refractivity contribution is 5.98. The Morgan fingerprint density at radius 3 is 2.94 bits per heavy atom. The van der Waals surface area contributed by atoms with Crippen molar-refractivity contribution in [2.45, 2.75) is 13.0 Å². The Hall–Kier alpha value is -2.17. The minimum absolute atomic E-state index is 0.0556. The van der Waals surface area contributed by atoms with E-state index in [2.05, 4.69) is 15.2 Å². The summed E-state index contributed by atoms with van der Waals surface area (Å²) in [6.45, 7) is 1.92. The maximum Gasteiger partial charge on any atom is 0.275 e. The molecule has 1 N–H and O–H groups in total. The Bertz CT molecular complexity index is 575. The second-order valence-corrected chi connectivity index (χ2v) is 4.18. The van der Waals surface area contributed by atoms with Crippen LogP contribution in [0.25, 0.3) is 0 Å². The van der Waals surface area contributed by atoms with E-state index >= 15 is 0 Å². The molecule has 5 heteroatoms. The van der Waals surface area contributed by atoms with Crippen LogP contribution in [0.15, 0.2) is 24.4 Å². The highest BCUT2D eigenvalue weighted by Gasteiger charge is 2.39. The van der Waals surface area contributed by atoms with Gasteiger partial charge in [0.25, 0.3) is 5.91 Å². The van der Waals surface area contributed by atoms with Crippen LogP contribution in [0.5, 0.6) is 0 Å². The second-order valence-electron chi connectivity index (χ2n) is 4.18. The number of amides is 1. The van der Waals surface area contributed by atoms with Gasteiger partial charge < -0.3 is 4.90 Å². The Morgan fingerprint density at radius 1 is 1.41 bits per heavy atom. The van der Waals surface area contributed by atoms with E-state index < -0.39 is 0 Å². The van der Waals surface area contributed by atoms with Crippen LogP contribution in [0.4, 0.5) is 0 Å². The van der Waals surface area contributed by atoms with Gasteiger partial charge in [-0.05, 0) is 19.1 Å². The molecule has 0 unspecified atom stereocenters. The number of rotatable bonds is 1. The third kappa shape index (κ3) is 1.28. The molecule has 0 bridgehead atoms. The van der Waals surface area contributed by atoms with E-state index in [-0.39, 0.29) is 11.9 Å². The smallest absolute Gasteiger partial charge is 0.275 e. The highest BCUT2D eigenvalue weighted by atomic mass is 16.2. The van der Waals surface area contributed by atoms with Crippen molar-refractivity contribution in [3.8, 4) is 0 Å². The van der Waals surface area contributed by atoms with E-state index in [9.17, 15) is 4.79 Å². The van der Waals surface area contributed by atoms with E-state index in [1.165, 1.54) is 0 Å². The second kappa shape index (κ2) is 3.41. The lowest BCUT2D eigenvalue weighted by Crippen LogP contribution is -2.25. The van der Waals surface area contributed by atoms with Crippen molar-refractivity contribution in [3.63, 3.8) is 0 Å². The number of nitrogens with one attached hydrogen (secondary N) is 1. The molecule has 86 valence electrons. The van der Waals surface area contributed by atoms with Gasteiger partial charge >= 0.3 is 0 Å². The number of aromatic amines is 1. The van der Waals surface area contributed by atoms with Gasteiger partial charge in [0.2, 0.25) is 0 Å². The minimum atomic E-state index is -0.127. The maximum atomic E-state index is 12.0. The van der Waals surface area contributed by atoms with Crippen molar-refractivity contribution in [2.75, 3.05) is 7.05 Å². The van der Waals surface area contributed by atoms with Crippen LogP contribution in [-0.2, 0) is 0 Å². The van der Waals surface area contributed by atoms with E-state index in [0.717, 1.165) is 17.0 Å². The van der Waals surface area contributed by atoms with Gasteiger partial charge in [-0.25, -0.2) is 0 Å². The van der Waals surface area contributed by atoms with Crippen LogP contribution in [0.2, 0.25) is 0 Å². The normalized spacial score (nSPS) is 18.6. The predicted molar refractivity (Wildman–Crippen MR) is 61.5 cm³/mol. The summed E-state index contributed by atoms with van der Waals surface area (Å²) in [7, 11) is 1.78. The lowest BCUT2D eigenvalue weighted by atomic mass is 10.0. The molecular weight excluding hydrogens is 216 g/mol. The average Bonchev–Trinajstić information content (AvgIpc) is 2.83. The molecule has 2 aromatic heterocycles. The van der Waals surface area contributed by atoms with Gasteiger partial charge in [-0.15, -0.1) is 0 Å². The maximum absolute atomic E-state index is 12.0. The molecule has 1 aliphatic heterocycles. The lowest BCUT2D eigenvalue weighted by molar-refractivity contribution is 0.0785. The minimum Gasteiger partial charge on any atom is -0.327 e. The SMILES string of the molecule is Cc1[nH]nc2c1[C@@H](c1ccccn1)N(C)C2=O. The number of pyridine rings is 1. The van der Waals surface area contributed by atoms with Crippen LogP contribution in [0, 0.1) is 6.92 Å². The quantitative estimate of drug-likeness (QED) is 0.800. The van der Waals surface area contributed by atoms with Gasteiger partial charge in [0.1, 0.15) is 6.04 Å². The van der Waals surface area contributed by atoms with Crippen LogP contribution in [0.1, 0.15) is 33.5 Å². The zero-order valence-electron chi connectivity index (χ0n) is 9.64. The molecule has 3 rings (SSSR count). The first-order chi connectivity index (χ1) is 8.20. The summed E-state index contributed by atoms with van der Waals surface area (Å²) >= 11 is 0. The molecule has 3 heterocycles. The number of carbonyl (C=O) groups is 1. The molecule has 1 atom stereocenters. The zero-order valence-corrected chi connectivity index (χ0v) is 9.64. The van der Waals surface area contributed by atoms with Crippen LogP contribution >= 0.6 is 0 Å². The summed E-state index contributed by atoms with van der Waals surface area (Å²) in [4.78, 5) is 18.0. The molecule has 0 spiro atoms. The molecule has 0 radical (unpaired) electrons. The molecule has 0 saturated carbocycles. The first-order valence-electron chi connectivity index (χ1n) is 5.43. The fourth-order valence-corrected chi connectivity index (χ4v) is 2.30. The van der Waals surface area contributed by atoms with Crippen LogP contribution < -0.4 is 0 Å². The summed E-state index contributed by atoms with van der Waals surface area (Å²) in [5.74, 6) is -0.0556. The lowest BCUT2D eigenvalue weighted by Gasteiger charge is -2.20. The molecule has 1 aliphatic rings. The molecule has 2 aromatic rings. The van der Waals surface area contributed by atoms with Crippen molar-refractivity contribution in [3.05, 3.63) is 47.0 Å². The third-order valence-corrected chi connectivity index (χ3v) is 3.15. The van der Waals surface area contributed by atoms with E-state index in [1.807, 2.05) is 25.1 Å². The average molecular weight is 228 g/mol. The summed E-state index contributed by atoms with van der Waals surface area (Å²) in [5.41, 5.74) is 3.25. The summed E-state index contributed by atoms with van der Waals surface area (Å²) < 4.78 is 0. The Morgan fingerprint density at radius 2 is 2.24 bits per heavy atom. The van der Waals surface area contributed by atoms with E-state index in [0.29, 0.717) is 5.69 Å². The molecule has 17 heavy (non-hydrogen) atoms. The molecule has 0 aliphatic carbocycles. The zero-order chi connectivity index (χ0) is 12.0. The molecule has 5 nitrogen and oxygen atoms in total. The fraction of sp³-hybridized carbons (Fsp3) is 0.250. The summed E-state index contributed by atoms with van der Waals surface area (Å²) in [6, 6.07) is 5.59. The first-order valence-corrected chi connectivity index (χ1v) is 5.43. The molecule has 0 aromatic carbocycles. The van der Waals surface area contributed by atoms with E-state index in [1.54, 1.807) is 18.1 Å². The summed E-state index contributed by atoms with van der Waals surface area (Å²) in [6.07, 6.45) is 1.74. The van der Waals surface area contributed by atoms with Gasteiger partial charge in [0.15, 0.2) is 5.69 Å². The van der Waals surface area contributed by atoms with Gasteiger partial charge in [0.05, 0.1) is 5.69 Å². The largest absolute Gasteiger partial charge is 0.327 e. The highest BCUT2D eigenvalue weighted by Crippen LogP contribution is 2.36. The van der Waals surface area contributed by atoms with Gasteiger partial charge in [-0.2, -0.15) is 5.10 Å². The number of carbonyl (C=O) groups excluding carboxylic acids is 1. The van der Waals surface area contributed by atoms with Gasteiger partial charge in [-0.1, -0.05) is 6.07 Å². The van der Waals surface area contributed by atoms with Crippen molar-refractivity contribution in [1.82, 2.24) is 20.1 Å². The van der Waals surface area contributed by atoms with Crippen molar-refractivity contribution < 1.29 is 4.79 Å². The fourth-order valence-electron chi connectivity index (χ4n) is 2.30. The van der Waals surface area contributed by atoms with Crippen LogP contribution in [-0.4, -0.2) is 33.0 Å². The molecular formula is C12H12N4O. The van der Waals surface area contributed by atoms with Crippen molar-refractivity contribution in [2.24, 2.45) is 0 Å². The number of hydrogen-bond donors (Lipinski definition) is 1. The van der Waals surface area contributed by atoms with E-state index in [4.69, 9.17) is 0 Å². The molecule has 1 amide bonds. The number of aromatic nitrogens is 3. The standard InChI is InChI=1S/C12H12N4O/c1-7-9-10(15-14-7)12(17)16(2)11(9)8-5-3-4-6-13-8/h3-6,11H,1-2H3,(H,14,15)/t11-/m1/s1. The predicted octanol–water partition coefficient (Wildman–Crippen LogP) is 1.29. The van der Waals surface area contributed by atoms with Gasteiger partial charge in [-0.3, -0.25) is 14.9 Å². The molecule has 0 fully saturated rings. The van der Waals surface area contributed by atoms with Crippen molar-refractivity contribution in [1.29, 1.82) is 0 Å². The number of aryl methyl sites for hydroxylation is 1. The van der Waals surface area contributed by atoms with Gasteiger partial charge in [0, 0.05) is 24.5 Å². The Kier molecular flexibility index (Phi) is 2.01.